The molecular weight excluding hydrogens is 248 g/mol. The Kier molecular flexibility index (Phi) is 3.50. The molecule has 0 atom stereocenters. The van der Waals surface area contributed by atoms with Crippen LogP contribution in [-0.4, -0.2) is 6.18 Å². The number of rotatable bonds is 1. The second kappa shape index (κ2) is 4.31. The maximum atomic E-state index is 12.4. The molecule has 0 saturated carbocycles. The van der Waals surface area contributed by atoms with E-state index in [1.807, 2.05) is 5.73 Å². The Bertz CT molecular complexity index is 409. The number of benzene rings is 1. The molecule has 0 aliphatic rings. The lowest BCUT2D eigenvalue weighted by Gasteiger charge is -2.09. The summed E-state index contributed by atoms with van der Waals surface area (Å²) in [6.07, 6.45) is -4.52. The molecule has 5 heteroatoms. The van der Waals surface area contributed by atoms with E-state index in [0.29, 0.717) is 0 Å². The highest BCUT2D eigenvalue weighted by Crippen LogP contribution is 2.35. The zero-order valence-electron chi connectivity index (χ0n) is 7.33. The molecule has 0 spiro atoms. The van der Waals surface area contributed by atoms with Gasteiger partial charge in [-0.1, -0.05) is 29.8 Å². The first-order chi connectivity index (χ1) is 6.84. The van der Waals surface area contributed by atoms with Crippen molar-refractivity contribution in [2.45, 2.75) is 6.18 Å². The second-order valence-electron chi connectivity index (χ2n) is 2.71. The van der Waals surface area contributed by atoms with E-state index in [2.05, 4.69) is 6.58 Å². The van der Waals surface area contributed by atoms with Gasteiger partial charge in [0.25, 0.3) is 0 Å². The highest BCUT2D eigenvalue weighted by atomic mass is 35.5. The normalized spacial score (nSPS) is 11.0. The zero-order valence-corrected chi connectivity index (χ0v) is 8.84. The third-order valence-corrected chi connectivity index (χ3v) is 2.05. The zero-order chi connectivity index (χ0) is 11.6. The summed E-state index contributed by atoms with van der Waals surface area (Å²) in [5, 5.41) is 0.268. The Balaban J connectivity index is 3.33. The molecule has 0 bridgehead atoms. The fourth-order valence-corrected chi connectivity index (χ4v) is 1.59. The molecular formula is C10H5Cl2F3. The average Bonchev–Trinajstić information content (AvgIpc) is 1.99. The molecule has 80 valence electrons. The van der Waals surface area contributed by atoms with Gasteiger partial charge in [0.2, 0.25) is 0 Å². The Labute approximate surface area is 94.6 Å². The fraction of sp³-hybridized carbons (Fsp3) is 0.100. The van der Waals surface area contributed by atoms with Gasteiger partial charge in [-0.25, -0.2) is 0 Å². The summed E-state index contributed by atoms with van der Waals surface area (Å²) < 4.78 is 37.3. The monoisotopic (exact) mass is 252 g/mol. The van der Waals surface area contributed by atoms with Crippen molar-refractivity contribution in [1.29, 1.82) is 0 Å². The van der Waals surface area contributed by atoms with Gasteiger partial charge in [0.05, 0.1) is 0 Å². The third kappa shape index (κ3) is 3.03. The van der Waals surface area contributed by atoms with Crippen molar-refractivity contribution in [3.63, 3.8) is 0 Å². The van der Waals surface area contributed by atoms with Crippen molar-refractivity contribution in [1.82, 2.24) is 0 Å². The summed E-state index contributed by atoms with van der Waals surface area (Å²) >= 11 is 11.2. The van der Waals surface area contributed by atoms with Crippen LogP contribution in [0.1, 0.15) is 5.56 Å². The minimum atomic E-state index is -4.52. The van der Waals surface area contributed by atoms with Crippen LogP contribution in [0.25, 0.3) is 5.57 Å². The van der Waals surface area contributed by atoms with Crippen LogP contribution in [-0.2, 0) is 0 Å². The smallest absolute Gasteiger partial charge is 0.165 e. The van der Waals surface area contributed by atoms with Crippen LogP contribution in [0, 0.1) is 0 Å². The standard InChI is InChI=1S/C10H5Cl2F3/c1-2-9(10(13,14)15)6-3-7(11)5-8(12)4-6/h3-5H,1H2. The van der Waals surface area contributed by atoms with Crippen LogP contribution in [0.5, 0.6) is 0 Å². The van der Waals surface area contributed by atoms with E-state index in [4.69, 9.17) is 23.2 Å². The second-order valence-corrected chi connectivity index (χ2v) is 3.58. The fourth-order valence-electron chi connectivity index (χ4n) is 1.06. The summed E-state index contributed by atoms with van der Waals surface area (Å²) in [5.74, 6) is 0. The minimum absolute atomic E-state index is 0.134. The molecule has 0 N–H and O–H groups in total. The predicted molar refractivity (Wildman–Crippen MR) is 55.1 cm³/mol. The van der Waals surface area contributed by atoms with Crippen LogP contribution in [0.3, 0.4) is 0 Å². The molecule has 0 aliphatic carbocycles. The Morgan fingerprint density at radius 2 is 1.60 bits per heavy atom. The summed E-state index contributed by atoms with van der Waals surface area (Å²) in [7, 11) is 0. The summed E-state index contributed by atoms with van der Waals surface area (Å²) in [5.41, 5.74) is 0.714. The van der Waals surface area contributed by atoms with Crippen LogP contribution >= 0.6 is 23.2 Å². The average molecular weight is 253 g/mol. The lowest BCUT2D eigenvalue weighted by atomic mass is 10.1. The Morgan fingerprint density at radius 1 is 1.13 bits per heavy atom. The number of halogens is 5. The first-order valence-corrected chi connectivity index (χ1v) is 4.54. The Morgan fingerprint density at radius 3 is 1.93 bits per heavy atom. The maximum absolute atomic E-state index is 12.4. The van der Waals surface area contributed by atoms with Gasteiger partial charge in [-0.2, -0.15) is 13.2 Å². The van der Waals surface area contributed by atoms with Gasteiger partial charge < -0.3 is 0 Å². The van der Waals surface area contributed by atoms with E-state index in [9.17, 15) is 13.2 Å². The SMILES string of the molecule is C=C=C(c1cc(Cl)cc(Cl)c1)C(F)(F)F. The van der Waals surface area contributed by atoms with Crippen molar-refractivity contribution < 1.29 is 13.2 Å². The molecule has 0 unspecified atom stereocenters. The lowest BCUT2D eigenvalue weighted by Crippen LogP contribution is -2.09. The first-order valence-electron chi connectivity index (χ1n) is 3.78. The number of hydrogen-bond donors (Lipinski definition) is 0. The molecule has 1 aromatic rings. The van der Waals surface area contributed by atoms with Gasteiger partial charge in [0.1, 0.15) is 5.57 Å². The van der Waals surface area contributed by atoms with E-state index in [0.717, 1.165) is 12.1 Å². The predicted octanol–water partition coefficient (Wildman–Crippen LogP) is 4.72. The van der Waals surface area contributed by atoms with E-state index in [1.54, 1.807) is 0 Å². The number of allylic oxidation sites excluding steroid dienone is 1. The van der Waals surface area contributed by atoms with Gasteiger partial charge in [0, 0.05) is 10.0 Å². The quantitative estimate of drug-likeness (QED) is 0.635. The molecule has 15 heavy (non-hydrogen) atoms. The molecule has 0 amide bonds. The lowest BCUT2D eigenvalue weighted by molar-refractivity contribution is -0.0687. The largest absolute Gasteiger partial charge is 0.424 e. The first kappa shape index (κ1) is 12.2. The van der Waals surface area contributed by atoms with Gasteiger partial charge in [0.15, 0.2) is 0 Å². The van der Waals surface area contributed by atoms with Crippen LogP contribution in [0.4, 0.5) is 13.2 Å². The molecule has 0 heterocycles. The van der Waals surface area contributed by atoms with Gasteiger partial charge in [-0.05, 0) is 23.8 Å². The van der Waals surface area contributed by atoms with Crippen molar-refractivity contribution in [3.05, 3.63) is 46.1 Å². The molecule has 1 aromatic carbocycles. The molecule has 0 fully saturated rings. The van der Waals surface area contributed by atoms with E-state index in [1.165, 1.54) is 6.07 Å². The molecule has 1 rings (SSSR count). The van der Waals surface area contributed by atoms with E-state index in [-0.39, 0.29) is 15.6 Å². The molecule has 0 aromatic heterocycles. The van der Waals surface area contributed by atoms with Crippen molar-refractivity contribution in [2.24, 2.45) is 0 Å². The van der Waals surface area contributed by atoms with Gasteiger partial charge in [-0.3, -0.25) is 0 Å². The summed E-state index contributed by atoms with van der Waals surface area (Å²) in [6.45, 7) is 2.99. The van der Waals surface area contributed by atoms with E-state index >= 15 is 0 Å². The highest BCUT2D eigenvalue weighted by molar-refractivity contribution is 6.34. The third-order valence-electron chi connectivity index (χ3n) is 1.61. The van der Waals surface area contributed by atoms with Crippen LogP contribution in [0.15, 0.2) is 30.5 Å². The number of alkyl halides is 3. The van der Waals surface area contributed by atoms with Crippen LogP contribution in [0.2, 0.25) is 10.0 Å². The Hall–Kier alpha value is -0.890. The van der Waals surface area contributed by atoms with Gasteiger partial charge in [-0.15, -0.1) is 5.73 Å². The molecule has 0 nitrogen and oxygen atoms in total. The highest BCUT2D eigenvalue weighted by Gasteiger charge is 2.34. The van der Waals surface area contributed by atoms with Crippen molar-refractivity contribution >= 4 is 28.8 Å². The van der Waals surface area contributed by atoms with E-state index < -0.39 is 11.7 Å². The molecule has 0 aliphatic heterocycles. The summed E-state index contributed by atoms with van der Waals surface area (Å²) in [6, 6.07) is 3.67. The maximum Gasteiger partial charge on any atom is 0.424 e. The van der Waals surface area contributed by atoms with Crippen molar-refractivity contribution in [3.8, 4) is 0 Å². The number of hydrogen-bond acceptors (Lipinski definition) is 0. The topological polar surface area (TPSA) is 0 Å². The molecule has 0 saturated heterocycles. The van der Waals surface area contributed by atoms with Crippen LogP contribution < -0.4 is 0 Å². The minimum Gasteiger partial charge on any atom is -0.165 e. The summed E-state index contributed by atoms with van der Waals surface area (Å²) in [4.78, 5) is 0. The van der Waals surface area contributed by atoms with Crippen molar-refractivity contribution in [2.75, 3.05) is 0 Å². The molecule has 0 radical (unpaired) electrons. The van der Waals surface area contributed by atoms with Gasteiger partial charge >= 0.3 is 6.18 Å².